The number of hydrogen-bond acceptors (Lipinski definition) is 4. The highest BCUT2D eigenvalue weighted by Crippen LogP contribution is 2.20. The zero-order valence-electron chi connectivity index (χ0n) is 18.3. The third kappa shape index (κ3) is 12.3. The summed E-state index contributed by atoms with van der Waals surface area (Å²) in [6.45, 7) is 7.16. The molecule has 0 saturated heterocycles. The average molecular weight is 501 g/mol. The molecule has 0 aliphatic carbocycles. The van der Waals surface area contributed by atoms with E-state index in [1.807, 2.05) is 0 Å². The number of quaternary nitrogens is 1. The molecule has 0 aliphatic rings. The van der Waals surface area contributed by atoms with Crippen LogP contribution in [0.2, 0.25) is 0 Å². The minimum Gasteiger partial charge on any atom is -1.00 e. The Morgan fingerprint density at radius 3 is 1.56 bits per heavy atom. The molecule has 5 nitrogen and oxygen atoms in total. The summed E-state index contributed by atoms with van der Waals surface area (Å²) in [5, 5.41) is 19.8. The molecule has 0 radical (unpaired) electrons. The molecule has 0 fully saturated rings. The van der Waals surface area contributed by atoms with Crippen LogP contribution in [0.3, 0.4) is 0 Å². The van der Waals surface area contributed by atoms with Gasteiger partial charge in [0.2, 0.25) is 6.23 Å². The van der Waals surface area contributed by atoms with Gasteiger partial charge in [-0.1, -0.05) is 71.1 Å². The van der Waals surface area contributed by atoms with Crippen molar-refractivity contribution in [3.05, 3.63) is 0 Å². The monoisotopic (exact) mass is 501 g/mol. The zero-order valence-corrected chi connectivity index (χ0v) is 20.4. The fourth-order valence-corrected chi connectivity index (χ4v) is 3.22. The molecule has 0 saturated carbocycles. The van der Waals surface area contributed by atoms with Crippen molar-refractivity contribution in [2.24, 2.45) is 0 Å². The van der Waals surface area contributed by atoms with Gasteiger partial charge in [0, 0.05) is 27.2 Å². The lowest BCUT2D eigenvalue weighted by Crippen LogP contribution is -3.00. The predicted octanol–water partition coefficient (Wildman–Crippen LogP) is 1.70. The summed E-state index contributed by atoms with van der Waals surface area (Å²) in [4.78, 5) is 12.0. The Hall–Kier alpha value is 0.0800. The first-order chi connectivity index (χ1) is 12.3. The summed E-state index contributed by atoms with van der Waals surface area (Å²) in [6.07, 6.45) is 11.9. The second kappa shape index (κ2) is 17.0. The first-order valence-electron chi connectivity index (χ1n) is 10.7. The second-order valence-electron chi connectivity index (χ2n) is 7.86. The fourth-order valence-electron chi connectivity index (χ4n) is 3.22. The number of nitrogens with zero attached hydrogens (tertiary/aromatic N) is 1. The smallest absolute Gasteiger partial charge is 0.310 e. The van der Waals surface area contributed by atoms with Crippen LogP contribution >= 0.6 is 0 Å². The van der Waals surface area contributed by atoms with Crippen LogP contribution in [-0.4, -0.2) is 46.4 Å². The van der Waals surface area contributed by atoms with Crippen LogP contribution in [0.25, 0.3) is 0 Å². The highest BCUT2D eigenvalue weighted by atomic mass is 127. The van der Waals surface area contributed by atoms with Crippen LogP contribution in [0.5, 0.6) is 0 Å². The van der Waals surface area contributed by atoms with Gasteiger partial charge in [0.25, 0.3) is 0 Å². The lowest BCUT2D eigenvalue weighted by molar-refractivity contribution is -1.02. The summed E-state index contributed by atoms with van der Waals surface area (Å²) >= 11 is 0. The van der Waals surface area contributed by atoms with Gasteiger partial charge in [-0.3, -0.25) is 4.79 Å². The molecular weight excluding hydrogens is 457 g/mol. The number of aliphatic hydroxyl groups is 2. The molecule has 0 rings (SSSR count). The first kappa shape index (κ1) is 29.3. The Morgan fingerprint density at radius 1 is 0.815 bits per heavy atom. The Kier molecular flexibility index (Phi) is 18.4. The van der Waals surface area contributed by atoms with Crippen LogP contribution in [0.4, 0.5) is 0 Å². The maximum Gasteiger partial charge on any atom is 0.310 e. The molecule has 27 heavy (non-hydrogen) atoms. The van der Waals surface area contributed by atoms with E-state index in [2.05, 4.69) is 6.92 Å². The van der Waals surface area contributed by atoms with Crippen LogP contribution in [0, 0.1) is 0 Å². The van der Waals surface area contributed by atoms with Crippen molar-refractivity contribution in [2.75, 3.05) is 7.05 Å². The molecule has 0 amide bonds. The standard InChI is InChI=1S/C21H44NO4.HI/c1-6-7-8-9-10-11-12-13-14-15-16-17-21(25)26-20(4)22(5,18(2)23)19(3)24;/h18-20,23-24H,6-17H2,1-5H3;1H/q+1;/p-1. The van der Waals surface area contributed by atoms with Crippen LogP contribution < -0.4 is 24.0 Å². The molecule has 164 valence electrons. The van der Waals surface area contributed by atoms with Crippen molar-refractivity contribution in [2.45, 2.75) is 123 Å². The molecule has 3 unspecified atom stereocenters. The molecule has 6 heteroatoms. The van der Waals surface area contributed by atoms with Gasteiger partial charge in [-0.2, -0.15) is 0 Å². The van der Waals surface area contributed by atoms with Crippen molar-refractivity contribution in [1.29, 1.82) is 0 Å². The largest absolute Gasteiger partial charge is 1.00 e. The number of halogens is 1. The number of aliphatic hydroxyl groups excluding tert-OH is 2. The third-order valence-corrected chi connectivity index (χ3v) is 5.68. The molecule has 2 N–H and O–H groups in total. The van der Waals surface area contributed by atoms with Crippen LogP contribution in [-0.2, 0) is 9.53 Å². The van der Waals surface area contributed by atoms with Gasteiger partial charge in [0.05, 0.1) is 7.05 Å². The van der Waals surface area contributed by atoms with Crippen molar-refractivity contribution in [3.8, 4) is 0 Å². The van der Waals surface area contributed by atoms with Gasteiger partial charge in [0.1, 0.15) is 0 Å². The highest BCUT2D eigenvalue weighted by molar-refractivity contribution is 5.69. The van der Waals surface area contributed by atoms with Crippen molar-refractivity contribution in [3.63, 3.8) is 0 Å². The molecule has 0 aromatic rings. The second-order valence-corrected chi connectivity index (χ2v) is 7.86. The van der Waals surface area contributed by atoms with Gasteiger partial charge in [0.15, 0.2) is 12.5 Å². The minimum absolute atomic E-state index is 0. The predicted molar refractivity (Wildman–Crippen MR) is 106 cm³/mol. The number of carbonyl (C=O) groups excluding carboxylic acids is 1. The van der Waals surface area contributed by atoms with E-state index in [-0.39, 0.29) is 34.4 Å². The Bertz CT molecular complexity index is 356. The van der Waals surface area contributed by atoms with Crippen molar-refractivity contribution in [1.82, 2.24) is 0 Å². The summed E-state index contributed by atoms with van der Waals surface area (Å²) in [5.74, 6) is -0.251. The molecule has 0 aromatic heterocycles. The third-order valence-electron chi connectivity index (χ3n) is 5.68. The maximum atomic E-state index is 12.0. The normalized spacial score (nSPS) is 16.7. The van der Waals surface area contributed by atoms with E-state index >= 15 is 0 Å². The Balaban J connectivity index is 0. The summed E-state index contributed by atoms with van der Waals surface area (Å²) in [5.41, 5.74) is 0. The van der Waals surface area contributed by atoms with E-state index in [4.69, 9.17) is 4.74 Å². The fraction of sp³-hybridized carbons (Fsp3) is 0.952. The molecular formula is C21H44INO4. The van der Waals surface area contributed by atoms with Gasteiger partial charge >= 0.3 is 5.97 Å². The molecule has 3 atom stereocenters. The number of esters is 1. The lowest BCUT2D eigenvalue weighted by Gasteiger charge is -2.42. The number of ether oxygens (including phenoxy) is 1. The van der Waals surface area contributed by atoms with Crippen LogP contribution in [0.15, 0.2) is 0 Å². The number of rotatable bonds is 16. The van der Waals surface area contributed by atoms with Gasteiger partial charge in [-0.15, -0.1) is 0 Å². The quantitative estimate of drug-likeness (QED) is 0.111. The number of hydrogen-bond donors (Lipinski definition) is 2. The topological polar surface area (TPSA) is 66.8 Å². The first-order valence-corrected chi connectivity index (χ1v) is 10.7. The molecule has 0 heterocycles. The lowest BCUT2D eigenvalue weighted by atomic mass is 10.1. The minimum atomic E-state index is -0.820. The van der Waals surface area contributed by atoms with Gasteiger partial charge < -0.3 is 38.9 Å². The van der Waals surface area contributed by atoms with Crippen molar-refractivity contribution >= 4 is 5.97 Å². The summed E-state index contributed by atoms with van der Waals surface area (Å²) < 4.78 is 5.32. The summed E-state index contributed by atoms with van der Waals surface area (Å²) in [7, 11) is 1.69. The molecule has 0 aliphatic heterocycles. The summed E-state index contributed by atoms with van der Waals surface area (Å²) in [6, 6.07) is 0. The SMILES string of the molecule is CCCCCCCCCCCCCC(=O)OC(C)[N+](C)(C(C)O)C(C)O.[I-]. The molecule has 0 spiro atoms. The van der Waals surface area contributed by atoms with E-state index in [0.717, 1.165) is 12.8 Å². The van der Waals surface area contributed by atoms with Crippen molar-refractivity contribution < 1.29 is 48.2 Å². The molecule has 0 aromatic carbocycles. The number of carbonyl (C=O) groups is 1. The van der Waals surface area contributed by atoms with E-state index in [1.165, 1.54) is 57.8 Å². The maximum absolute atomic E-state index is 12.0. The van der Waals surface area contributed by atoms with E-state index in [0.29, 0.717) is 6.42 Å². The van der Waals surface area contributed by atoms with E-state index < -0.39 is 18.7 Å². The average Bonchev–Trinajstić information content (AvgIpc) is 2.58. The van der Waals surface area contributed by atoms with Crippen LogP contribution in [0.1, 0.15) is 105 Å². The zero-order chi connectivity index (χ0) is 20.0. The Labute approximate surface area is 184 Å². The number of unbranched alkanes of at least 4 members (excludes halogenated alkanes) is 10. The van der Waals surface area contributed by atoms with E-state index in [9.17, 15) is 15.0 Å². The van der Waals surface area contributed by atoms with E-state index in [1.54, 1.807) is 27.8 Å². The highest BCUT2D eigenvalue weighted by Gasteiger charge is 2.40. The van der Waals surface area contributed by atoms with Gasteiger partial charge in [-0.25, -0.2) is 4.48 Å². The molecule has 0 bridgehead atoms. The van der Waals surface area contributed by atoms with Gasteiger partial charge in [-0.05, 0) is 6.42 Å². The Morgan fingerprint density at radius 2 is 1.19 bits per heavy atom.